The van der Waals surface area contributed by atoms with Crippen molar-refractivity contribution in [1.29, 1.82) is 5.26 Å². The molecule has 1 aromatic heterocycles. The Bertz CT molecular complexity index is 625. The Hall–Kier alpha value is -2.28. The molecule has 0 saturated heterocycles. The molecule has 0 fully saturated rings. The summed E-state index contributed by atoms with van der Waals surface area (Å²) < 4.78 is 7.76. The highest BCUT2D eigenvalue weighted by Gasteiger charge is 2.05. The van der Waals surface area contributed by atoms with Crippen LogP contribution in [-0.4, -0.2) is 16.4 Å². The Morgan fingerprint density at radius 1 is 1.24 bits per heavy atom. The van der Waals surface area contributed by atoms with E-state index >= 15 is 0 Å². The first kappa shape index (κ1) is 15.1. The lowest BCUT2D eigenvalue weighted by atomic mass is 10.2. The molecule has 0 N–H and O–H groups in total. The average molecular weight is 283 g/mol. The quantitative estimate of drug-likeness (QED) is 0.732. The molecule has 1 heterocycles. The maximum atomic E-state index is 9.01. The topological polar surface area (TPSA) is 50.8 Å². The van der Waals surface area contributed by atoms with Crippen molar-refractivity contribution in [2.45, 2.75) is 39.7 Å². The van der Waals surface area contributed by atoms with E-state index in [0.717, 1.165) is 31.5 Å². The molecule has 0 atom stereocenters. The van der Waals surface area contributed by atoms with Gasteiger partial charge in [-0.1, -0.05) is 26.0 Å². The van der Waals surface area contributed by atoms with Crippen LogP contribution in [0.5, 0.6) is 5.75 Å². The number of nitriles is 1. The first-order valence-electron chi connectivity index (χ1n) is 7.46. The lowest BCUT2D eigenvalue weighted by Crippen LogP contribution is -2.09. The molecule has 0 amide bonds. The van der Waals surface area contributed by atoms with Gasteiger partial charge < -0.3 is 4.74 Å². The molecular weight excluding hydrogens is 262 g/mol. The van der Waals surface area contributed by atoms with Gasteiger partial charge in [-0.25, -0.2) is 0 Å². The standard InChI is InChI=1S/C17H21N3O/c1-3-15-12-16(4-2)20(19-15)10-7-11-21-17-9-6-5-8-14(17)13-18/h5-6,8-9,12H,3-4,7,10-11H2,1-2H3. The predicted molar refractivity (Wildman–Crippen MR) is 82.3 cm³/mol. The number of para-hydroxylation sites is 1. The second-order valence-electron chi connectivity index (χ2n) is 4.87. The van der Waals surface area contributed by atoms with Crippen molar-refractivity contribution in [3.63, 3.8) is 0 Å². The SMILES string of the molecule is CCc1cc(CC)n(CCCOc2ccccc2C#N)n1. The van der Waals surface area contributed by atoms with Crippen molar-refractivity contribution in [3.8, 4) is 11.8 Å². The van der Waals surface area contributed by atoms with Crippen molar-refractivity contribution < 1.29 is 4.74 Å². The molecular formula is C17H21N3O. The molecule has 0 unspecified atom stereocenters. The van der Waals surface area contributed by atoms with E-state index < -0.39 is 0 Å². The molecule has 0 bridgehead atoms. The summed E-state index contributed by atoms with van der Waals surface area (Å²) in [6, 6.07) is 11.6. The lowest BCUT2D eigenvalue weighted by Gasteiger charge is -2.09. The fourth-order valence-electron chi connectivity index (χ4n) is 2.25. The maximum Gasteiger partial charge on any atom is 0.137 e. The van der Waals surface area contributed by atoms with Crippen LogP contribution < -0.4 is 4.74 Å². The molecule has 110 valence electrons. The van der Waals surface area contributed by atoms with Crippen LogP contribution in [0.25, 0.3) is 0 Å². The van der Waals surface area contributed by atoms with Crippen molar-refractivity contribution in [2.75, 3.05) is 6.61 Å². The molecule has 0 radical (unpaired) electrons. The number of nitrogens with zero attached hydrogens (tertiary/aromatic N) is 3. The van der Waals surface area contributed by atoms with Crippen LogP contribution in [0.15, 0.2) is 30.3 Å². The number of hydrogen-bond donors (Lipinski definition) is 0. The van der Waals surface area contributed by atoms with E-state index in [0.29, 0.717) is 17.9 Å². The number of aromatic nitrogens is 2. The Kier molecular flexibility index (Phi) is 5.39. The smallest absolute Gasteiger partial charge is 0.137 e. The summed E-state index contributed by atoms with van der Waals surface area (Å²) in [7, 11) is 0. The fourth-order valence-corrected chi connectivity index (χ4v) is 2.25. The minimum absolute atomic E-state index is 0.583. The van der Waals surface area contributed by atoms with Crippen molar-refractivity contribution in [2.24, 2.45) is 0 Å². The summed E-state index contributed by atoms with van der Waals surface area (Å²) in [4.78, 5) is 0. The normalized spacial score (nSPS) is 10.3. The molecule has 0 aliphatic carbocycles. The minimum atomic E-state index is 0.583. The van der Waals surface area contributed by atoms with Crippen molar-refractivity contribution >= 4 is 0 Å². The first-order chi connectivity index (χ1) is 10.3. The van der Waals surface area contributed by atoms with Crippen LogP contribution in [0.4, 0.5) is 0 Å². The Balaban J connectivity index is 1.87. The molecule has 0 saturated carbocycles. The van der Waals surface area contributed by atoms with Gasteiger partial charge in [-0.3, -0.25) is 4.68 Å². The van der Waals surface area contributed by atoms with E-state index in [4.69, 9.17) is 10.00 Å². The fraction of sp³-hybridized carbons (Fsp3) is 0.412. The van der Waals surface area contributed by atoms with Crippen LogP contribution in [0.1, 0.15) is 37.2 Å². The van der Waals surface area contributed by atoms with Gasteiger partial charge in [0.05, 0.1) is 17.9 Å². The molecule has 2 rings (SSSR count). The summed E-state index contributed by atoms with van der Waals surface area (Å²) in [5, 5.41) is 13.6. The van der Waals surface area contributed by atoms with Crippen LogP contribution in [0, 0.1) is 11.3 Å². The predicted octanol–water partition coefficient (Wildman–Crippen LogP) is 3.35. The van der Waals surface area contributed by atoms with Crippen LogP contribution >= 0.6 is 0 Å². The zero-order valence-corrected chi connectivity index (χ0v) is 12.7. The van der Waals surface area contributed by atoms with E-state index in [1.807, 2.05) is 18.2 Å². The molecule has 21 heavy (non-hydrogen) atoms. The van der Waals surface area contributed by atoms with Crippen molar-refractivity contribution in [1.82, 2.24) is 9.78 Å². The van der Waals surface area contributed by atoms with E-state index in [-0.39, 0.29) is 0 Å². The van der Waals surface area contributed by atoms with Gasteiger partial charge in [0, 0.05) is 18.7 Å². The van der Waals surface area contributed by atoms with Gasteiger partial charge in [-0.05, 0) is 31.0 Å². The number of ether oxygens (including phenoxy) is 1. The molecule has 0 aliphatic heterocycles. The molecule has 1 aromatic carbocycles. The van der Waals surface area contributed by atoms with Gasteiger partial charge in [0.25, 0.3) is 0 Å². The average Bonchev–Trinajstić information content (AvgIpc) is 2.94. The van der Waals surface area contributed by atoms with Gasteiger partial charge >= 0.3 is 0 Å². The maximum absolute atomic E-state index is 9.01. The summed E-state index contributed by atoms with van der Waals surface area (Å²) in [6.07, 6.45) is 2.83. The number of benzene rings is 1. The van der Waals surface area contributed by atoms with Crippen molar-refractivity contribution in [3.05, 3.63) is 47.3 Å². The van der Waals surface area contributed by atoms with E-state index in [9.17, 15) is 0 Å². The highest BCUT2D eigenvalue weighted by molar-refractivity contribution is 5.42. The van der Waals surface area contributed by atoms with Gasteiger partial charge in [0.1, 0.15) is 11.8 Å². The van der Waals surface area contributed by atoms with Crippen LogP contribution in [-0.2, 0) is 19.4 Å². The van der Waals surface area contributed by atoms with Gasteiger partial charge in [-0.2, -0.15) is 10.4 Å². The highest BCUT2D eigenvalue weighted by atomic mass is 16.5. The summed E-state index contributed by atoms with van der Waals surface area (Å²) in [5.74, 6) is 0.658. The zero-order chi connectivity index (χ0) is 15.1. The molecule has 4 nitrogen and oxygen atoms in total. The largest absolute Gasteiger partial charge is 0.492 e. The van der Waals surface area contributed by atoms with E-state index in [1.165, 1.54) is 5.69 Å². The van der Waals surface area contributed by atoms with Gasteiger partial charge in [0.15, 0.2) is 0 Å². The third-order valence-corrected chi connectivity index (χ3v) is 3.42. The van der Waals surface area contributed by atoms with Gasteiger partial charge in [0.2, 0.25) is 0 Å². The molecule has 0 spiro atoms. The first-order valence-corrected chi connectivity index (χ1v) is 7.46. The minimum Gasteiger partial charge on any atom is -0.492 e. The van der Waals surface area contributed by atoms with E-state index in [2.05, 4.69) is 35.8 Å². The third kappa shape index (κ3) is 3.85. The van der Waals surface area contributed by atoms with Crippen LogP contribution in [0.2, 0.25) is 0 Å². The Labute approximate surface area is 126 Å². The Morgan fingerprint density at radius 2 is 2.05 bits per heavy atom. The zero-order valence-electron chi connectivity index (χ0n) is 12.7. The number of hydrogen-bond acceptors (Lipinski definition) is 3. The molecule has 2 aromatic rings. The summed E-state index contributed by atoms with van der Waals surface area (Å²) in [5.41, 5.74) is 2.99. The third-order valence-electron chi connectivity index (χ3n) is 3.42. The lowest BCUT2D eigenvalue weighted by molar-refractivity contribution is 0.296. The number of rotatable bonds is 7. The highest BCUT2D eigenvalue weighted by Crippen LogP contribution is 2.16. The molecule has 4 heteroatoms. The monoisotopic (exact) mass is 283 g/mol. The van der Waals surface area contributed by atoms with Gasteiger partial charge in [-0.15, -0.1) is 0 Å². The molecule has 0 aliphatic rings. The second-order valence-corrected chi connectivity index (χ2v) is 4.87. The van der Waals surface area contributed by atoms with Crippen LogP contribution in [0.3, 0.4) is 0 Å². The summed E-state index contributed by atoms with van der Waals surface area (Å²) >= 11 is 0. The second kappa shape index (κ2) is 7.49. The number of aryl methyl sites for hydroxylation is 3. The van der Waals surface area contributed by atoms with E-state index in [1.54, 1.807) is 6.07 Å². The Morgan fingerprint density at radius 3 is 2.76 bits per heavy atom. The summed E-state index contributed by atoms with van der Waals surface area (Å²) in [6.45, 7) is 5.70.